The van der Waals surface area contributed by atoms with Gasteiger partial charge in [0.2, 0.25) is 0 Å². The molecule has 1 aromatic rings. The third-order valence-electron chi connectivity index (χ3n) is 0.976. The molecule has 0 aliphatic heterocycles. The summed E-state index contributed by atoms with van der Waals surface area (Å²) in [6, 6.07) is 1.51. The standard InChI is InChI=1S/C5H6N4OS/c6-5(11)7-4-1-3(2-10)8-9-4/h1-2H,(H4,6,7,8,9,11). The number of aromatic amines is 1. The number of hydrogen-bond donors (Lipinski definition) is 3. The third-order valence-corrected chi connectivity index (χ3v) is 1.08. The Kier molecular flexibility index (Phi) is 2.17. The van der Waals surface area contributed by atoms with Crippen molar-refractivity contribution in [2.24, 2.45) is 5.73 Å². The molecular formula is C5H6N4OS. The number of aldehydes is 1. The molecule has 0 aromatic carbocycles. The van der Waals surface area contributed by atoms with E-state index in [4.69, 9.17) is 5.73 Å². The van der Waals surface area contributed by atoms with Crippen LogP contribution >= 0.6 is 12.2 Å². The van der Waals surface area contributed by atoms with Crippen LogP contribution < -0.4 is 11.1 Å². The molecule has 6 heteroatoms. The Bertz CT molecular complexity index is 282. The largest absolute Gasteiger partial charge is 0.376 e. The van der Waals surface area contributed by atoms with Crippen molar-refractivity contribution in [3.63, 3.8) is 0 Å². The molecule has 0 unspecified atom stereocenters. The first-order chi connectivity index (χ1) is 5.22. The van der Waals surface area contributed by atoms with Crippen LogP contribution in [0.5, 0.6) is 0 Å². The summed E-state index contributed by atoms with van der Waals surface area (Å²) in [6.07, 6.45) is 0.651. The summed E-state index contributed by atoms with van der Waals surface area (Å²) in [4.78, 5) is 10.1. The average molecular weight is 170 g/mol. The van der Waals surface area contributed by atoms with Crippen LogP contribution in [0.4, 0.5) is 5.82 Å². The Balaban J connectivity index is 2.72. The number of nitrogens with one attached hydrogen (secondary N) is 2. The van der Waals surface area contributed by atoms with Crippen molar-refractivity contribution in [2.45, 2.75) is 0 Å². The van der Waals surface area contributed by atoms with E-state index in [1.807, 2.05) is 0 Å². The number of nitrogens with two attached hydrogens (primary N) is 1. The molecular weight excluding hydrogens is 164 g/mol. The van der Waals surface area contributed by atoms with Crippen molar-refractivity contribution in [1.82, 2.24) is 10.2 Å². The molecule has 0 spiro atoms. The van der Waals surface area contributed by atoms with Gasteiger partial charge in [0.25, 0.3) is 0 Å². The molecule has 0 aliphatic rings. The topological polar surface area (TPSA) is 83.8 Å². The number of carbonyl (C=O) groups excluding carboxylic acids is 1. The normalized spacial score (nSPS) is 9.09. The van der Waals surface area contributed by atoms with Gasteiger partial charge in [0.1, 0.15) is 0 Å². The average Bonchev–Trinajstić information content (AvgIpc) is 2.34. The molecule has 0 atom stereocenters. The highest BCUT2D eigenvalue weighted by Crippen LogP contribution is 2.01. The van der Waals surface area contributed by atoms with Crippen LogP contribution in [-0.4, -0.2) is 21.6 Å². The molecule has 5 nitrogen and oxygen atoms in total. The zero-order valence-corrected chi connectivity index (χ0v) is 6.31. The highest BCUT2D eigenvalue weighted by atomic mass is 32.1. The van der Waals surface area contributed by atoms with E-state index in [9.17, 15) is 4.79 Å². The SMILES string of the molecule is NC(=S)Nc1cc(C=O)[nH]n1. The predicted molar refractivity (Wildman–Crippen MR) is 44.4 cm³/mol. The van der Waals surface area contributed by atoms with Gasteiger partial charge in [-0.25, -0.2) is 0 Å². The van der Waals surface area contributed by atoms with Crippen LogP contribution in [-0.2, 0) is 0 Å². The monoisotopic (exact) mass is 170 g/mol. The van der Waals surface area contributed by atoms with Gasteiger partial charge in [0, 0.05) is 6.07 Å². The van der Waals surface area contributed by atoms with Gasteiger partial charge >= 0.3 is 0 Å². The summed E-state index contributed by atoms with van der Waals surface area (Å²) in [7, 11) is 0. The molecule has 1 aromatic heterocycles. The summed E-state index contributed by atoms with van der Waals surface area (Å²) in [5.41, 5.74) is 5.53. The van der Waals surface area contributed by atoms with Crippen molar-refractivity contribution >= 4 is 29.4 Å². The number of H-pyrrole nitrogens is 1. The Labute approximate surface area is 68.0 Å². The second-order valence-electron chi connectivity index (χ2n) is 1.82. The fourth-order valence-corrected chi connectivity index (χ4v) is 0.692. The van der Waals surface area contributed by atoms with Crippen LogP contribution in [0.25, 0.3) is 0 Å². The van der Waals surface area contributed by atoms with Crippen molar-refractivity contribution < 1.29 is 4.79 Å². The van der Waals surface area contributed by atoms with E-state index in [1.165, 1.54) is 6.07 Å². The summed E-state index contributed by atoms with van der Waals surface area (Å²) in [5, 5.41) is 8.84. The number of anilines is 1. The number of aromatic nitrogens is 2. The Morgan fingerprint density at radius 2 is 2.64 bits per heavy atom. The fourth-order valence-electron chi connectivity index (χ4n) is 0.587. The summed E-state index contributed by atoms with van der Waals surface area (Å²) >= 11 is 4.55. The van der Waals surface area contributed by atoms with E-state index in [2.05, 4.69) is 27.7 Å². The van der Waals surface area contributed by atoms with Crippen molar-refractivity contribution in [3.8, 4) is 0 Å². The van der Waals surface area contributed by atoms with Crippen molar-refractivity contribution in [1.29, 1.82) is 0 Å². The molecule has 0 saturated heterocycles. The minimum atomic E-state index is 0.119. The molecule has 4 N–H and O–H groups in total. The summed E-state index contributed by atoms with van der Waals surface area (Å²) < 4.78 is 0. The van der Waals surface area contributed by atoms with E-state index in [0.29, 0.717) is 17.8 Å². The van der Waals surface area contributed by atoms with E-state index in [0.717, 1.165) is 0 Å². The quantitative estimate of drug-likeness (QED) is 0.425. The van der Waals surface area contributed by atoms with E-state index >= 15 is 0 Å². The Morgan fingerprint density at radius 3 is 3.09 bits per heavy atom. The van der Waals surface area contributed by atoms with E-state index < -0.39 is 0 Å². The number of hydrogen-bond acceptors (Lipinski definition) is 3. The van der Waals surface area contributed by atoms with Gasteiger partial charge in [0.15, 0.2) is 17.2 Å². The number of nitrogens with zero attached hydrogens (tertiary/aromatic N) is 1. The molecule has 0 aliphatic carbocycles. The smallest absolute Gasteiger partial charge is 0.169 e. The molecule has 11 heavy (non-hydrogen) atoms. The predicted octanol–water partition coefficient (Wildman–Crippen LogP) is -0.122. The van der Waals surface area contributed by atoms with Crippen LogP contribution in [0.1, 0.15) is 10.5 Å². The Morgan fingerprint density at radius 1 is 1.91 bits per heavy atom. The lowest BCUT2D eigenvalue weighted by atomic mass is 10.5. The molecule has 0 fully saturated rings. The van der Waals surface area contributed by atoms with Crippen LogP contribution in [0.2, 0.25) is 0 Å². The Hall–Kier alpha value is -1.43. The van der Waals surface area contributed by atoms with Crippen molar-refractivity contribution in [3.05, 3.63) is 11.8 Å². The maximum Gasteiger partial charge on any atom is 0.169 e. The highest BCUT2D eigenvalue weighted by Gasteiger charge is 1.98. The van der Waals surface area contributed by atoms with Crippen LogP contribution in [0.3, 0.4) is 0 Å². The van der Waals surface area contributed by atoms with Gasteiger partial charge in [-0.3, -0.25) is 9.89 Å². The number of rotatable bonds is 2. The van der Waals surface area contributed by atoms with Crippen molar-refractivity contribution in [2.75, 3.05) is 5.32 Å². The summed E-state index contributed by atoms with van der Waals surface area (Å²) in [6.45, 7) is 0. The van der Waals surface area contributed by atoms with Gasteiger partial charge in [0.05, 0.1) is 5.69 Å². The van der Waals surface area contributed by atoms with E-state index in [-0.39, 0.29) is 5.11 Å². The molecule has 0 saturated carbocycles. The first-order valence-corrected chi connectivity index (χ1v) is 3.20. The zero-order chi connectivity index (χ0) is 8.27. The van der Waals surface area contributed by atoms with Gasteiger partial charge in [-0.05, 0) is 12.2 Å². The van der Waals surface area contributed by atoms with Crippen LogP contribution in [0, 0.1) is 0 Å². The first-order valence-electron chi connectivity index (χ1n) is 2.79. The lowest BCUT2D eigenvalue weighted by Gasteiger charge is -1.94. The third kappa shape index (κ3) is 2.01. The highest BCUT2D eigenvalue weighted by molar-refractivity contribution is 7.80. The number of thiocarbonyl (C=S) groups is 1. The van der Waals surface area contributed by atoms with Gasteiger partial charge in [-0.15, -0.1) is 0 Å². The van der Waals surface area contributed by atoms with E-state index in [1.54, 1.807) is 0 Å². The van der Waals surface area contributed by atoms with Crippen LogP contribution in [0.15, 0.2) is 6.07 Å². The lowest BCUT2D eigenvalue weighted by Crippen LogP contribution is -2.18. The fraction of sp³-hybridized carbons (Fsp3) is 0. The maximum absolute atomic E-state index is 10.1. The molecule has 0 amide bonds. The molecule has 1 rings (SSSR count). The molecule has 0 radical (unpaired) electrons. The maximum atomic E-state index is 10.1. The minimum Gasteiger partial charge on any atom is -0.376 e. The van der Waals surface area contributed by atoms with Gasteiger partial charge in [-0.1, -0.05) is 0 Å². The number of carbonyl (C=O) groups is 1. The first kappa shape index (κ1) is 7.67. The molecule has 1 heterocycles. The van der Waals surface area contributed by atoms with Gasteiger partial charge in [-0.2, -0.15) is 5.10 Å². The zero-order valence-electron chi connectivity index (χ0n) is 5.50. The second-order valence-corrected chi connectivity index (χ2v) is 2.26. The second kappa shape index (κ2) is 3.11. The molecule has 58 valence electrons. The van der Waals surface area contributed by atoms with Gasteiger partial charge < -0.3 is 11.1 Å². The lowest BCUT2D eigenvalue weighted by molar-refractivity contribution is 0.111. The minimum absolute atomic E-state index is 0.119. The summed E-state index contributed by atoms with van der Waals surface area (Å²) in [5.74, 6) is 0.444. The molecule has 0 bridgehead atoms.